The van der Waals surface area contributed by atoms with Gasteiger partial charge in [0.15, 0.2) is 0 Å². The summed E-state index contributed by atoms with van der Waals surface area (Å²) < 4.78 is 0. The summed E-state index contributed by atoms with van der Waals surface area (Å²) in [5, 5.41) is 2.64. The molecule has 0 aliphatic rings. The first-order chi connectivity index (χ1) is 8.74. The third-order valence-electron chi connectivity index (χ3n) is 3.02. The number of amides is 1. The fourth-order valence-electron chi connectivity index (χ4n) is 1.96. The lowest BCUT2D eigenvalue weighted by molar-refractivity contribution is 0.0963. The lowest BCUT2D eigenvalue weighted by atomic mass is 10.00. The molecule has 92 valence electrons. The van der Waals surface area contributed by atoms with Crippen LogP contribution >= 0.6 is 0 Å². The number of carbonyl (C=O) groups excluding carboxylic acids is 1. The van der Waals surface area contributed by atoms with E-state index in [2.05, 4.69) is 36.5 Å². The second-order valence-electron chi connectivity index (χ2n) is 4.21. The normalized spacial score (nSPS) is 10.1. The van der Waals surface area contributed by atoms with E-state index in [0.29, 0.717) is 5.56 Å². The van der Waals surface area contributed by atoms with E-state index < -0.39 is 0 Å². The zero-order chi connectivity index (χ0) is 13.0. The van der Waals surface area contributed by atoms with Crippen LogP contribution in [0.25, 0.3) is 11.1 Å². The second-order valence-corrected chi connectivity index (χ2v) is 4.21. The zero-order valence-corrected chi connectivity index (χ0v) is 10.7. The van der Waals surface area contributed by atoms with Crippen LogP contribution in [0.15, 0.2) is 48.5 Å². The lowest BCUT2D eigenvalue weighted by Gasteiger charge is -2.06. The van der Waals surface area contributed by atoms with Gasteiger partial charge in [0.25, 0.3) is 5.91 Å². The van der Waals surface area contributed by atoms with Crippen LogP contribution in [0.2, 0.25) is 0 Å². The molecule has 18 heavy (non-hydrogen) atoms. The van der Waals surface area contributed by atoms with E-state index in [1.807, 2.05) is 24.3 Å². The molecule has 2 rings (SSSR count). The van der Waals surface area contributed by atoms with Gasteiger partial charge in [-0.25, -0.2) is 0 Å². The third-order valence-corrected chi connectivity index (χ3v) is 3.02. The molecule has 0 saturated heterocycles. The monoisotopic (exact) mass is 239 g/mol. The molecular formula is C16H17NO. The predicted molar refractivity (Wildman–Crippen MR) is 74.6 cm³/mol. The van der Waals surface area contributed by atoms with Crippen molar-refractivity contribution in [2.24, 2.45) is 0 Å². The minimum Gasteiger partial charge on any atom is -0.355 e. The van der Waals surface area contributed by atoms with E-state index >= 15 is 0 Å². The Hall–Kier alpha value is -2.09. The lowest BCUT2D eigenvalue weighted by Crippen LogP contribution is -2.17. The maximum Gasteiger partial charge on any atom is 0.251 e. The standard InChI is InChI=1S/C16H17NO/c1-3-12-6-4-7-13(10-12)14-8-5-9-15(11-14)16(18)17-2/h4-11H,3H2,1-2H3,(H,17,18). The van der Waals surface area contributed by atoms with Crippen LogP contribution in [-0.2, 0) is 6.42 Å². The summed E-state index contributed by atoms with van der Waals surface area (Å²) in [6, 6.07) is 16.1. The Kier molecular flexibility index (Phi) is 3.78. The van der Waals surface area contributed by atoms with Gasteiger partial charge in [-0.2, -0.15) is 0 Å². The molecule has 0 aliphatic carbocycles. The van der Waals surface area contributed by atoms with Crippen molar-refractivity contribution in [1.29, 1.82) is 0 Å². The minimum atomic E-state index is -0.0523. The van der Waals surface area contributed by atoms with E-state index in [1.54, 1.807) is 7.05 Å². The van der Waals surface area contributed by atoms with Gasteiger partial charge in [0.05, 0.1) is 0 Å². The van der Waals surface area contributed by atoms with Gasteiger partial charge in [0, 0.05) is 12.6 Å². The predicted octanol–water partition coefficient (Wildman–Crippen LogP) is 3.28. The maximum atomic E-state index is 11.6. The van der Waals surface area contributed by atoms with Crippen molar-refractivity contribution < 1.29 is 4.79 Å². The molecule has 0 spiro atoms. The number of carbonyl (C=O) groups is 1. The molecule has 0 aromatic heterocycles. The van der Waals surface area contributed by atoms with Crippen LogP contribution in [0.3, 0.4) is 0 Å². The number of nitrogens with one attached hydrogen (secondary N) is 1. The number of benzene rings is 2. The molecule has 2 aromatic rings. The molecule has 0 heterocycles. The van der Waals surface area contributed by atoms with Gasteiger partial charge in [-0.1, -0.05) is 43.3 Å². The van der Waals surface area contributed by atoms with Gasteiger partial charge in [-0.15, -0.1) is 0 Å². The average molecular weight is 239 g/mol. The first kappa shape index (κ1) is 12.4. The molecule has 0 fully saturated rings. The summed E-state index contributed by atoms with van der Waals surface area (Å²) in [6.07, 6.45) is 1.02. The molecular weight excluding hydrogens is 222 g/mol. The fourth-order valence-corrected chi connectivity index (χ4v) is 1.96. The van der Waals surface area contributed by atoms with Crippen molar-refractivity contribution in [2.45, 2.75) is 13.3 Å². The van der Waals surface area contributed by atoms with E-state index in [-0.39, 0.29) is 5.91 Å². The summed E-state index contributed by atoms with van der Waals surface area (Å²) in [5.74, 6) is -0.0523. The highest BCUT2D eigenvalue weighted by atomic mass is 16.1. The number of hydrogen-bond donors (Lipinski definition) is 1. The van der Waals surface area contributed by atoms with Crippen molar-refractivity contribution in [3.05, 3.63) is 59.7 Å². The molecule has 0 radical (unpaired) electrons. The summed E-state index contributed by atoms with van der Waals surface area (Å²) in [7, 11) is 1.65. The summed E-state index contributed by atoms with van der Waals surface area (Å²) >= 11 is 0. The Labute approximate surface area is 108 Å². The van der Waals surface area contributed by atoms with Crippen molar-refractivity contribution in [1.82, 2.24) is 5.32 Å². The van der Waals surface area contributed by atoms with Crippen LogP contribution in [-0.4, -0.2) is 13.0 Å². The Morgan fingerprint density at radius 3 is 2.39 bits per heavy atom. The fraction of sp³-hybridized carbons (Fsp3) is 0.188. The molecule has 0 atom stereocenters. The zero-order valence-electron chi connectivity index (χ0n) is 10.7. The van der Waals surface area contributed by atoms with Gasteiger partial charge in [-0.05, 0) is 35.2 Å². The van der Waals surface area contributed by atoms with Crippen LogP contribution in [0.1, 0.15) is 22.8 Å². The van der Waals surface area contributed by atoms with E-state index in [1.165, 1.54) is 5.56 Å². The quantitative estimate of drug-likeness (QED) is 0.875. The Morgan fingerprint density at radius 1 is 1.06 bits per heavy atom. The highest BCUT2D eigenvalue weighted by Crippen LogP contribution is 2.21. The van der Waals surface area contributed by atoms with Crippen molar-refractivity contribution >= 4 is 5.91 Å². The van der Waals surface area contributed by atoms with Crippen LogP contribution in [0.4, 0.5) is 0 Å². The van der Waals surface area contributed by atoms with Gasteiger partial charge in [-0.3, -0.25) is 4.79 Å². The van der Waals surface area contributed by atoms with Crippen LogP contribution < -0.4 is 5.32 Å². The van der Waals surface area contributed by atoms with E-state index in [9.17, 15) is 4.79 Å². The molecule has 2 aromatic carbocycles. The Balaban J connectivity index is 2.41. The molecule has 0 bridgehead atoms. The van der Waals surface area contributed by atoms with Crippen molar-refractivity contribution in [3.63, 3.8) is 0 Å². The average Bonchev–Trinajstić information content (AvgIpc) is 2.46. The summed E-state index contributed by atoms with van der Waals surface area (Å²) in [6.45, 7) is 2.14. The number of aryl methyl sites for hydroxylation is 1. The van der Waals surface area contributed by atoms with Gasteiger partial charge >= 0.3 is 0 Å². The molecule has 2 nitrogen and oxygen atoms in total. The van der Waals surface area contributed by atoms with Gasteiger partial charge in [0.1, 0.15) is 0 Å². The molecule has 1 N–H and O–H groups in total. The Bertz CT molecular complexity index is 561. The topological polar surface area (TPSA) is 29.1 Å². The minimum absolute atomic E-state index is 0.0523. The Morgan fingerprint density at radius 2 is 1.72 bits per heavy atom. The number of hydrogen-bond acceptors (Lipinski definition) is 1. The first-order valence-corrected chi connectivity index (χ1v) is 6.16. The van der Waals surface area contributed by atoms with Crippen molar-refractivity contribution in [3.8, 4) is 11.1 Å². The molecule has 2 heteroatoms. The second kappa shape index (κ2) is 5.50. The smallest absolute Gasteiger partial charge is 0.251 e. The number of rotatable bonds is 3. The molecule has 0 unspecified atom stereocenters. The van der Waals surface area contributed by atoms with Crippen LogP contribution in [0.5, 0.6) is 0 Å². The maximum absolute atomic E-state index is 11.6. The van der Waals surface area contributed by atoms with Crippen molar-refractivity contribution in [2.75, 3.05) is 7.05 Å². The molecule has 0 saturated carbocycles. The largest absolute Gasteiger partial charge is 0.355 e. The summed E-state index contributed by atoms with van der Waals surface area (Å²) in [5.41, 5.74) is 4.22. The summed E-state index contributed by atoms with van der Waals surface area (Å²) in [4.78, 5) is 11.6. The van der Waals surface area contributed by atoms with E-state index in [4.69, 9.17) is 0 Å². The van der Waals surface area contributed by atoms with E-state index in [0.717, 1.165) is 17.5 Å². The SMILES string of the molecule is CCc1cccc(-c2cccc(C(=O)NC)c2)c1. The first-order valence-electron chi connectivity index (χ1n) is 6.16. The van der Waals surface area contributed by atoms with Gasteiger partial charge < -0.3 is 5.32 Å². The molecule has 0 aliphatic heterocycles. The highest BCUT2D eigenvalue weighted by Gasteiger charge is 2.05. The highest BCUT2D eigenvalue weighted by molar-refractivity contribution is 5.95. The van der Waals surface area contributed by atoms with Gasteiger partial charge in [0.2, 0.25) is 0 Å². The van der Waals surface area contributed by atoms with Crippen LogP contribution in [0, 0.1) is 0 Å². The molecule has 1 amide bonds. The third kappa shape index (κ3) is 2.59.